The summed E-state index contributed by atoms with van der Waals surface area (Å²) in [5.41, 5.74) is -0.212. The quantitative estimate of drug-likeness (QED) is 0.739. The number of alkyl halides is 3. The third kappa shape index (κ3) is 5.11. The van der Waals surface area contributed by atoms with E-state index in [0.29, 0.717) is 25.9 Å². The van der Waals surface area contributed by atoms with Gasteiger partial charge in [0.1, 0.15) is 17.5 Å². The summed E-state index contributed by atoms with van der Waals surface area (Å²) in [5, 5.41) is 6.64. The normalized spacial score (nSPS) is 15.8. The molecule has 0 spiro atoms. The number of hydrogen-bond acceptors (Lipinski definition) is 5. The summed E-state index contributed by atoms with van der Waals surface area (Å²) >= 11 is 0. The Labute approximate surface area is 171 Å². The Bertz CT molecular complexity index is 930. The van der Waals surface area contributed by atoms with E-state index in [1.54, 1.807) is 11.0 Å². The molecule has 1 aromatic heterocycles. The number of anilines is 1. The second-order valence-corrected chi connectivity index (χ2v) is 7.00. The maximum Gasteiger partial charge on any atom is 0.289 e. The fourth-order valence-electron chi connectivity index (χ4n) is 3.28. The number of carbonyl (C=O) groups is 1. The number of aryl methyl sites for hydroxylation is 1. The molecule has 3 rings (SSSR count). The maximum atomic E-state index is 13.8. The van der Waals surface area contributed by atoms with E-state index >= 15 is 0 Å². The summed E-state index contributed by atoms with van der Waals surface area (Å²) in [7, 11) is 1.52. The molecule has 30 heavy (non-hydrogen) atoms. The fourth-order valence-corrected chi connectivity index (χ4v) is 3.28. The van der Waals surface area contributed by atoms with Crippen LogP contribution in [0.15, 0.2) is 41.3 Å². The number of benzene rings is 1. The van der Waals surface area contributed by atoms with Crippen molar-refractivity contribution in [2.75, 3.05) is 25.0 Å². The van der Waals surface area contributed by atoms with E-state index in [2.05, 4.69) is 10.4 Å². The van der Waals surface area contributed by atoms with Gasteiger partial charge >= 0.3 is 0 Å². The number of carbonyl (C=O) groups excluding carboxylic acids is 1. The highest BCUT2D eigenvalue weighted by atomic mass is 19.3. The molecule has 0 radical (unpaired) electrons. The van der Waals surface area contributed by atoms with E-state index in [9.17, 15) is 22.8 Å². The number of amides is 1. The number of nitrogens with one attached hydrogen (secondary N) is 1. The van der Waals surface area contributed by atoms with Gasteiger partial charge < -0.3 is 15.0 Å². The van der Waals surface area contributed by atoms with Crippen LogP contribution < -0.4 is 15.6 Å². The van der Waals surface area contributed by atoms with E-state index < -0.39 is 12.6 Å². The SMILES string of the molecule is Cn1nccc(NCC(=O)N2CCC(Oc3ccccc3C(F)C(F)F)CC2)c1=O. The van der Waals surface area contributed by atoms with Crippen LogP contribution >= 0.6 is 0 Å². The number of hydrogen-bond donors (Lipinski definition) is 1. The van der Waals surface area contributed by atoms with Gasteiger partial charge in [-0.3, -0.25) is 9.59 Å². The first-order valence-electron chi connectivity index (χ1n) is 9.58. The molecule has 1 saturated heterocycles. The summed E-state index contributed by atoms with van der Waals surface area (Å²) in [6.07, 6.45) is -3.40. The van der Waals surface area contributed by atoms with E-state index in [0.717, 1.165) is 0 Å². The van der Waals surface area contributed by atoms with E-state index in [1.807, 2.05) is 0 Å². The van der Waals surface area contributed by atoms with Crippen molar-refractivity contribution in [1.29, 1.82) is 0 Å². The van der Waals surface area contributed by atoms with E-state index in [-0.39, 0.29) is 41.1 Å². The third-order valence-electron chi connectivity index (χ3n) is 4.96. The lowest BCUT2D eigenvalue weighted by Crippen LogP contribution is -2.44. The van der Waals surface area contributed by atoms with Crippen LogP contribution in [0.3, 0.4) is 0 Å². The lowest BCUT2D eigenvalue weighted by Gasteiger charge is -2.32. The number of halogens is 3. The van der Waals surface area contributed by atoms with Crippen molar-refractivity contribution in [1.82, 2.24) is 14.7 Å². The minimum atomic E-state index is -3.13. The highest BCUT2D eigenvalue weighted by Crippen LogP contribution is 2.33. The number of ether oxygens (including phenoxy) is 1. The molecule has 0 saturated carbocycles. The Kier molecular flexibility index (Phi) is 6.96. The lowest BCUT2D eigenvalue weighted by atomic mass is 10.1. The maximum absolute atomic E-state index is 13.8. The highest BCUT2D eigenvalue weighted by Gasteiger charge is 2.28. The van der Waals surface area contributed by atoms with Crippen LogP contribution in [0.2, 0.25) is 0 Å². The van der Waals surface area contributed by atoms with Crippen molar-refractivity contribution in [3.8, 4) is 5.75 Å². The predicted octanol–water partition coefficient (Wildman–Crippen LogP) is 2.54. The van der Waals surface area contributed by atoms with Gasteiger partial charge in [-0.25, -0.2) is 17.9 Å². The Morgan fingerprint density at radius 3 is 2.63 bits per heavy atom. The zero-order valence-corrected chi connectivity index (χ0v) is 16.4. The van der Waals surface area contributed by atoms with Gasteiger partial charge in [-0.15, -0.1) is 0 Å². The van der Waals surface area contributed by atoms with Gasteiger partial charge in [-0.1, -0.05) is 18.2 Å². The molecule has 0 bridgehead atoms. The van der Waals surface area contributed by atoms with Crippen LogP contribution in [-0.2, 0) is 11.8 Å². The van der Waals surface area contributed by atoms with Crippen LogP contribution in [-0.4, -0.2) is 52.8 Å². The van der Waals surface area contributed by atoms with Crippen molar-refractivity contribution in [3.63, 3.8) is 0 Å². The molecule has 2 aromatic rings. The second-order valence-electron chi connectivity index (χ2n) is 7.00. The van der Waals surface area contributed by atoms with Gasteiger partial charge in [0.15, 0.2) is 6.17 Å². The van der Waals surface area contributed by atoms with Crippen molar-refractivity contribution in [2.24, 2.45) is 7.05 Å². The lowest BCUT2D eigenvalue weighted by molar-refractivity contribution is -0.131. The second kappa shape index (κ2) is 9.64. The first-order valence-corrected chi connectivity index (χ1v) is 9.58. The number of para-hydroxylation sites is 1. The average Bonchev–Trinajstić information content (AvgIpc) is 2.75. The Morgan fingerprint density at radius 2 is 1.93 bits per heavy atom. The fraction of sp³-hybridized carbons (Fsp3) is 0.450. The molecular weight excluding hydrogens is 401 g/mol. The molecule has 1 fully saturated rings. The molecule has 1 atom stereocenters. The van der Waals surface area contributed by atoms with Crippen LogP contribution in [0.4, 0.5) is 18.9 Å². The van der Waals surface area contributed by atoms with Gasteiger partial charge in [-0.2, -0.15) is 5.10 Å². The summed E-state index contributed by atoms with van der Waals surface area (Å²) in [4.78, 5) is 26.0. The molecule has 1 aromatic carbocycles. The van der Waals surface area contributed by atoms with Crippen molar-refractivity contribution >= 4 is 11.6 Å². The zero-order valence-electron chi connectivity index (χ0n) is 16.4. The van der Waals surface area contributed by atoms with Crippen LogP contribution in [0, 0.1) is 0 Å². The third-order valence-corrected chi connectivity index (χ3v) is 4.96. The van der Waals surface area contributed by atoms with Crippen LogP contribution in [0.1, 0.15) is 24.6 Å². The van der Waals surface area contributed by atoms with Crippen molar-refractivity contribution in [2.45, 2.75) is 31.5 Å². The number of aromatic nitrogens is 2. The van der Waals surface area contributed by atoms with Gasteiger partial charge in [-0.05, 0) is 12.1 Å². The monoisotopic (exact) mass is 424 g/mol. The number of rotatable bonds is 7. The van der Waals surface area contributed by atoms with Gasteiger partial charge in [0.05, 0.1) is 6.54 Å². The summed E-state index contributed by atoms with van der Waals surface area (Å²) in [5.74, 6) is -0.0699. The smallest absolute Gasteiger partial charge is 0.289 e. The van der Waals surface area contributed by atoms with E-state index in [1.165, 1.54) is 42.2 Å². The molecule has 1 aliphatic heterocycles. The summed E-state index contributed by atoms with van der Waals surface area (Å²) in [6.45, 7) is 0.788. The Morgan fingerprint density at radius 1 is 1.23 bits per heavy atom. The summed E-state index contributed by atoms with van der Waals surface area (Å²) in [6, 6.07) is 7.36. The minimum absolute atomic E-state index is 0.0362. The molecule has 1 aliphatic rings. The van der Waals surface area contributed by atoms with Crippen molar-refractivity contribution in [3.05, 3.63) is 52.4 Å². The molecule has 162 valence electrons. The first kappa shape index (κ1) is 21.7. The first-order chi connectivity index (χ1) is 14.4. The van der Waals surface area contributed by atoms with Gasteiger partial charge in [0, 0.05) is 44.7 Å². The van der Waals surface area contributed by atoms with Crippen LogP contribution in [0.5, 0.6) is 5.75 Å². The number of piperidine rings is 1. The number of nitrogens with zero attached hydrogens (tertiary/aromatic N) is 3. The van der Waals surface area contributed by atoms with Crippen molar-refractivity contribution < 1.29 is 22.7 Å². The van der Waals surface area contributed by atoms with Gasteiger partial charge in [0.2, 0.25) is 5.91 Å². The Balaban J connectivity index is 1.52. The molecule has 2 heterocycles. The topological polar surface area (TPSA) is 76.5 Å². The summed E-state index contributed by atoms with van der Waals surface area (Å²) < 4.78 is 46.2. The molecule has 1 unspecified atom stereocenters. The molecule has 1 amide bonds. The van der Waals surface area contributed by atoms with E-state index in [4.69, 9.17) is 4.74 Å². The average molecular weight is 424 g/mol. The minimum Gasteiger partial charge on any atom is -0.490 e. The zero-order chi connectivity index (χ0) is 21.7. The molecule has 7 nitrogen and oxygen atoms in total. The predicted molar refractivity (Wildman–Crippen MR) is 104 cm³/mol. The molecular formula is C20H23F3N4O3. The molecule has 1 N–H and O–H groups in total. The number of likely N-dealkylation sites (tertiary alicyclic amines) is 1. The Hall–Kier alpha value is -3.04. The molecule has 0 aliphatic carbocycles. The highest BCUT2D eigenvalue weighted by molar-refractivity contribution is 5.80. The largest absolute Gasteiger partial charge is 0.490 e. The molecule has 10 heteroatoms. The standard InChI is InChI=1S/C20H23F3N4O3/c1-26-20(29)15(6-9-25-26)24-12-17(28)27-10-7-13(8-11-27)30-16-5-3-2-4-14(16)18(21)19(22)23/h2-6,9,13,18-19,24H,7-8,10-12H2,1H3. The van der Waals surface area contributed by atoms with Crippen LogP contribution in [0.25, 0.3) is 0 Å². The van der Waals surface area contributed by atoms with Gasteiger partial charge in [0.25, 0.3) is 12.0 Å².